The maximum atomic E-state index is 12.2. The predicted octanol–water partition coefficient (Wildman–Crippen LogP) is 2.36. The summed E-state index contributed by atoms with van der Waals surface area (Å²) in [5.41, 5.74) is 3.58. The second-order valence-electron chi connectivity index (χ2n) is 5.98. The number of hydrogen-bond donors (Lipinski definition) is 3. The molecule has 0 saturated heterocycles. The number of anilines is 1. The summed E-state index contributed by atoms with van der Waals surface area (Å²) in [6.45, 7) is 0.426. The molecule has 0 atom stereocenters. The number of nitrogens with one attached hydrogen (secondary N) is 3. The zero-order valence-corrected chi connectivity index (χ0v) is 13.5. The first-order valence-electron chi connectivity index (χ1n) is 8.06. The Bertz CT molecular complexity index is 961. The van der Waals surface area contributed by atoms with E-state index in [2.05, 4.69) is 15.6 Å². The number of carbonyl (C=O) groups excluding carboxylic acids is 2. The number of amides is 2. The van der Waals surface area contributed by atoms with Gasteiger partial charge < -0.3 is 20.4 Å². The standard InChI is InChI=1S/C19H17N3O3/c23-18(8-13-10-20-15-4-2-1-3-14(13)15)21-9-12-5-6-16-17(7-12)25-11-19(24)22-16/h1-7,10,20H,8-9,11H2,(H,21,23)(H,22,24). The van der Waals surface area contributed by atoms with Crippen molar-refractivity contribution in [2.45, 2.75) is 13.0 Å². The molecule has 0 radical (unpaired) electrons. The third-order valence-electron chi connectivity index (χ3n) is 4.19. The van der Waals surface area contributed by atoms with Gasteiger partial charge in [0.15, 0.2) is 6.61 Å². The Morgan fingerprint density at radius 3 is 3.00 bits per heavy atom. The van der Waals surface area contributed by atoms with Crippen LogP contribution in [0.25, 0.3) is 10.9 Å². The van der Waals surface area contributed by atoms with E-state index < -0.39 is 0 Å². The molecule has 4 rings (SSSR count). The highest BCUT2D eigenvalue weighted by Crippen LogP contribution is 2.28. The summed E-state index contributed by atoms with van der Waals surface area (Å²) in [5.74, 6) is 0.423. The summed E-state index contributed by atoms with van der Waals surface area (Å²) in [6, 6.07) is 13.4. The quantitative estimate of drug-likeness (QED) is 0.684. The van der Waals surface area contributed by atoms with Crippen molar-refractivity contribution in [2.75, 3.05) is 11.9 Å². The molecule has 1 aromatic heterocycles. The highest BCUT2D eigenvalue weighted by molar-refractivity contribution is 5.95. The fraction of sp³-hybridized carbons (Fsp3) is 0.158. The van der Waals surface area contributed by atoms with Crippen LogP contribution in [0.3, 0.4) is 0 Å². The van der Waals surface area contributed by atoms with E-state index in [0.717, 1.165) is 22.0 Å². The van der Waals surface area contributed by atoms with Gasteiger partial charge in [0.2, 0.25) is 5.91 Å². The molecule has 0 aliphatic carbocycles. The van der Waals surface area contributed by atoms with Gasteiger partial charge in [0.25, 0.3) is 5.91 Å². The average molecular weight is 335 g/mol. The molecule has 0 spiro atoms. The fourth-order valence-electron chi connectivity index (χ4n) is 2.94. The Hall–Kier alpha value is -3.28. The molecule has 1 aliphatic rings. The zero-order valence-electron chi connectivity index (χ0n) is 13.5. The normalized spacial score (nSPS) is 13.0. The molecule has 6 nitrogen and oxygen atoms in total. The summed E-state index contributed by atoms with van der Waals surface area (Å²) in [7, 11) is 0. The lowest BCUT2D eigenvalue weighted by atomic mass is 10.1. The predicted molar refractivity (Wildman–Crippen MR) is 94.4 cm³/mol. The molecule has 2 heterocycles. The molecule has 25 heavy (non-hydrogen) atoms. The van der Waals surface area contributed by atoms with E-state index in [0.29, 0.717) is 24.4 Å². The molecule has 2 amide bonds. The summed E-state index contributed by atoms with van der Waals surface area (Å²) >= 11 is 0. The smallest absolute Gasteiger partial charge is 0.262 e. The zero-order chi connectivity index (χ0) is 17.2. The van der Waals surface area contributed by atoms with Gasteiger partial charge in [-0.2, -0.15) is 0 Å². The number of para-hydroxylation sites is 1. The van der Waals surface area contributed by atoms with Gasteiger partial charge in [0.1, 0.15) is 5.75 Å². The first-order valence-corrected chi connectivity index (χ1v) is 8.06. The molecule has 2 aromatic carbocycles. The summed E-state index contributed by atoms with van der Waals surface area (Å²) in [5, 5.41) is 6.73. The fourth-order valence-corrected chi connectivity index (χ4v) is 2.94. The Morgan fingerprint density at radius 1 is 1.20 bits per heavy atom. The van der Waals surface area contributed by atoms with E-state index in [4.69, 9.17) is 4.74 Å². The molecule has 1 aliphatic heterocycles. The number of carbonyl (C=O) groups is 2. The van der Waals surface area contributed by atoms with Crippen molar-refractivity contribution in [2.24, 2.45) is 0 Å². The van der Waals surface area contributed by atoms with Gasteiger partial charge in [0.05, 0.1) is 12.1 Å². The minimum absolute atomic E-state index is 0.0172. The van der Waals surface area contributed by atoms with E-state index in [1.807, 2.05) is 42.6 Å². The van der Waals surface area contributed by atoms with E-state index in [1.165, 1.54) is 0 Å². The van der Waals surface area contributed by atoms with Gasteiger partial charge in [-0.05, 0) is 29.3 Å². The Kier molecular flexibility index (Phi) is 3.85. The number of fused-ring (bicyclic) bond motifs is 2. The Morgan fingerprint density at radius 2 is 2.08 bits per heavy atom. The molecular weight excluding hydrogens is 318 g/mol. The number of ether oxygens (including phenoxy) is 1. The van der Waals surface area contributed by atoms with E-state index in [1.54, 1.807) is 6.07 Å². The van der Waals surface area contributed by atoms with Crippen molar-refractivity contribution in [3.63, 3.8) is 0 Å². The topological polar surface area (TPSA) is 83.2 Å². The molecule has 3 N–H and O–H groups in total. The molecule has 0 bridgehead atoms. The van der Waals surface area contributed by atoms with Crippen LogP contribution in [-0.4, -0.2) is 23.4 Å². The Labute approximate surface area is 144 Å². The van der Waals surface area contributed by atoms with Crippen LogP contribution in [0, 0.1) is 0 Å². The third-order valence-corrected chi connectivity index (χ3v) is 4.19. The van der Waals surface area contributed by atoms with Crippen molar-refractivity contribution in [3.05, 3.63) is 59.8 Å². The SMILES string of the molecule is O=C(Cc1c[nH]c2ccccc12)NCc1ccc2c(c1)OCC(=O)N2. The molecule has 126 valence electrons. The second kappa shape index (κ2) is 6.32. The lowest BCUT2D eigenvalue weighted by Crippen LogP contribution is -2.26. The van der Waals surface area contributed by atoms with Crippen LogP contribution < -0.4 is 15.4 Å². The van der Waals surface area contributed by atoms with Crippen LogP contribution in [0.5, 0.6) is 5.75 Å². The van der Waals surface area contributed by atoms with Crippen molar-refractivity contribution < 1.29 is 14.3 Å². The molecule has 6 heteroatoms. The molecular formula is C19H17N3O3. The lowest BCUT2D eigenvalue weighted by molar-refractivity contribution is -0.120. The number of hydrogen-bond acceptors (Lipinski definition) is 3. The van der Waals surface area contributed by atoms with Gasteiger partial charge in [-0.15, -0.1) is 0 Å². The third kappa shape index (κ3) is 3.19. The van der Waals surface area contributed by atoms with Crippen LogP contribution in [0.15, 0.2) is 48.7 Å². The van der Waals surface area contributed by atoms with Gasteiger partial charge in [-0.1, -0.05) is 24.3 Å². The number of H-pyrrole nitrogens is 1. The first-order chi connectivity index (χ1) is 12.2. The maximum absolute atomic E-state index is 12.2. The second-order valence-corrected chi connectivity index (χ2v) is 5.98. The lowest BCUT2D eigenvalue weighted by Gasteiger charge is -2.18. The van der Waals surface area contributed by atoms with Crippen LogP contribution in [0.4, 0.5) is 5.69 Å². The highest BCUT2D eigenvalue weighted by atomic mass is 16.5. The average Bonchev–Trinajstić information content (AvgIpc) is 3.03. The summed E-state index contributed by atoms with van der Waals surface area (Å²) in [4.78, 5) is 26.7. The van der Waals surface area contributed by atoms with Crippen molar-refractivity contribution in [1.29, 1.82) is 0 Å². The van der Waals surface area contributed by atoms with Crippen LogP contribution >= 0.6 is 0 Å². The number of aromatic amines is 1. The van der Waals surface area contributed by atoms with Gasteiger partial charge in [-0.25, -0.2) is 0 Å². The first kappa shape index (κ1) is 15.3. The Balaban J connectivity index is 1.40. The van der Waals surface area contributed by atoms with E-state index in [-0.39, 0.29) is 18.4 Å². The van der Waals surface area contributed by atoms with Crippen LogP contribution in [-0.2, 0) is 22.6 Å². The summed E-state index contributed by atoms with van der Waals surface area (Å²) < 4.78 is 5.39. The molecule has 0 fully saturated rings. The number of rotatable bonds is 4. The molecule has 3 aromatic rings. The van der Waals surface area contributed by atoms with E-state index >= 15 is 0 Å². The van der Waals surface area contributed by atoms with Crippen molar-refractivity contribution in [3.8, 4) is 5.75 Å². The van der Waals surface area contributed by atoms with Gasteiger partial charge in [-0.3, -0.25) is 9.59 Å². The minimum Gasteiger partial charge on any atom is -0.482 e. The van der Waals surface area contributed by atoms with Crippen LogP contribution in [0.2, 0.25) is 0 Å². The largest absolute Gasteiger partial charge is 0.482 e. The van der Waals surface area contributed by atoms with Crippen molar-refractivity contribution >= 4 is 28.4 Å². The maximum Gasteiger partial charge on any atom is 0.262 e. The van der Waals surface area contributed by atoms with Crippen LogP contribution in [0.1, 0.15) is 11.1 Å². The number of benzene rings is 2. The van der Waals surface area contributed by atoms with Gasteiger partial charge in [0, 0.05) is 23.6 Å². The highest BCUT2D eigenvalue weighted by Gasteiger charge is 2.16. The summed E-state index contributed by atoms with van der Waals surface area (Å²) in [6.07, 6.45) is 2.20. The van der Waals surface area contributed by atoms with Crippen molar-refractivity contribution in [1.82, 2.24) is 10.3 Å². The monoisotopic (exact) mass is 335 g/mol. The minimum atomic E-state index is -0.160. The molecule has 0 saturated carbocycles. The van der Waals surface area contributed by atoms with E-state index in [9.17, 15) is 9.59 Å². The molecule has 0 unspecified atom stereocenters. The number of aromatic nitrogens is 1. The van der Waals surface area contributed by atoms with Gasteiger partial charge >= 0.3 is 0 Å².